The second kappa shape index (κ2) is 8.67. The highest BCUT2D eigenvalue weighted by molar-refractivity contribution is 6.05. The molecular weight excluding hydrogens is 340 g/mol. The molecule has 3 aromatic carbocycles. The molecule has 0 aromatic heterocycles. The largest absolute Gasteiger partial charge is 0.484 e. The Kier molecular flexibility index (Phi) is 5.84. The Hall–Kier alpha value is -3.60. The summed E-state index contributed by atoms with van der Waals surface area (Å²) >= 11 is 0. The molecule has 0 atom stereocenters. The Bertz CT molecular complexity index is 939. The molecule has 0 fully saturated rings. The number of para-hydroxylation sites is 1. The van der Waals surface area contributed by atoms with Gasteiger partial charge >= 0.3 is 0 Å². The Morgan fingerprint density at radius 1 is 0.815 bits per heavy atom. The van der Waals surface area contributed by atoms with Crippen LogP contribution >= 0.6 is 0 Å². The predicted octanol–water partition coefficient (Wildman–Crippen LogP) is 4.26. The van der Waals surface area contributed by atoms with Gasteiger partial charge in [0, 0.05) is 16.9 Å². The topological polar surface area (TPSA) is 67.4 Å². The number of hydrogen-bond donors (Lipinski definition) is 2. The highest BCUT2D eigenvalue weighted by atomic mass is 16.5. The zero-order valence-electron chi connectivity index (χ0n) is 14.9. The Labute approximate surface area is 158 Å². The maximum Gasteiger partial charge on any atom is 0.262 e. The predicted molar refractivity (Wildman–Crippen MR) is 106 cm³/mol. The highest BCUT2D eigenvalue weighted by Crippen LogP contribution is 2.15. The van der Waals surface area contributed by atoms with Gasteiger partial charge in [-0.1, -0.05) is 36.4 Å². The van der Waals surface area contributed by atoms with E-state index in [1.807, 2.05) is 55.5 Å². The second-order valence-electron chi connectivity index (χ2n) is 6.05. The third kappa shape index (κ3) is 5.44. The first-order valence-electron chi connectivity index (χ1n) is 8.56. The van der Waals surface area contributed by atoms with Gasteiger partial charge in [-0.15, -0.1) is 0 Å². The third-order valence-electron chi connectivity index (χ3n) is 3.80. The van der Waals surface area contributed by atoms with Gasteiger partial charge < -0.3 is 15.4 Å². The minimum Gasteiger partial charge on any atom is -0.484 e. The van der Waals surface area contributed by atoms with E-state index in [-0.39, 0.29) is 18.4 Å². The molecule has 0 saturated heterocycles. The van der Waals surface area contributed by atoms with E-state index in [9.17, 15) is 9.59 Å². The lowest BCUT2D eigenvalue weighted by atomic mass is 10.2. The molecular formula is C22H20N2O3. The van der Waals surface area contributed by atoms with Gasteiger partial charge in [-0.05, 0) is 55.0 Å². The van der Waals surface area contributed by atoms with Crippen molar-refractivity contribution in [1.29, 1.82) is 0 Å². The average molecular weight is 360 g/mol. The zero-order chi connectivity index (χ0) is 19.1. The number of aryl methyl sites for hydroxylation is 1. The fourth-order valence-electron chi connectivity index (χ4n) is 2.51. The molecule has 0 spiro atoms. The van der Waals surface area contributed by atoms with Gasteiger partial charge in [0.1, 0.15) is 5.75 Å². The van der Waals surface area contributed by atoms with Crippen molar-refractivity contribution < 1.29 is 14.3 Å². The molecule has 136 valence electrons. The molecule has 3 rings (SSSR count). The van der Waals surface area contributed by atoms with Crippen LogP contribution in [0.5, 0.6) is 5.75 Å². The van der Waals surface area contributed by atoms with Crippen LogP contribution in [0.3, 0.4) is 0 Å². The van der Waals surface area contributed by atoms with Crippen LogP contribution in [0.4, 0.5) is 11.4 Å². The zero-order valence-corrected chi connectivity index (χ0v) is 14.9. The number of anilines is 2. The molecule has 0 aliphatic heterocycles. The first-order valence-corrected chi connectivity index (χ1v) is 8.56. The second-order valence-corrected chi connectivity index (χ2v) is 6.05. The number of rotatable bonds is 6. The minimum atomic E-state index is -0.294. The average Bonchev–Trinajstić information content (AvgIpc) is 2.67. The van der Waals surface area contributed by atoms with Gasteiger partial charge in [0.25, 0.3) is 11.8 Å². The van der Waals surface area contributed by atoms with Crippen LogP contribution < -0.4 is 15.4 Å². The highest BCUT2D eigenvalue weighted by Gasteiger charge is 2.09. The van der Waals surface area contributed by atoms with Crippen LogP contribution in [0.25, 0.3) is 0 Å². The van der Waals surface area contributed by atoms with Crippen LogP contribution in [0, 0.1) is 6.92 Å². The molecule has 5 nitrogen and oxygen atoms in total. The summed E-state index contributed by atoms with van der Waals surface area (Å²) in [5.74, 6) is 0.103. The molecule has 0 aliphatic rings. The van der Waals surface area contributed by atoms with Crippen LogP contribution in [-0.4, -0.2) is 18.4 Å². The van der Waals surface area contributed by atoms with Gasteiger partial charge in [0.15, 0.2) is 6.61 Å². The van der Waals surface area contributed by atoms with Crippen molar-refractivity contribution in [3.63, 3.8) is 0 Å². The molecule has 27 heavy (non-hydrogen) atoms. The monoisotopic (exact) mass is 360 g/mol. The molecule has 2 amide bonds. The first kappa shape index (κ1) is 18.2. The van der Waals surface area contributed by atoms with Gasteiger partial charge in [0.2, 0.25) is 0 Å². The standard InChI is InChI=1S/C22H20N2O3/c1-16-7-5-12-20(13-16)27-15-21(25)23-19-11-6-8-17(14-19)22(26)24-18-9-3-2-4-10-18/h2-14H,15H2,1H3,(H,23,25)(H,24,26). The molecule has 0 unspecified atom stereocenters. The Balaban J connectivity index is 1.58. The molecule has 0 radical (unpaired) electrons. The van der Waals surface area contributed by atoms with E-state index in [2.05, 4.69) is 10.6 Å². The number of benzene rings is 3. The fraction of sp³-hybridized carbons (Fsp3) is 0.0909. The molecule has 5 heteroatoms. The van der Waals surface area contributed by atoms with Crippen molar-refractivity contribution >= 4 is 23.2 Å². The van der Waals surface area contributed by atoms with E-state index in [0.29, 0.717) is 22.7 Å². The lowest BCUT2D eigenvalue weighted by molar-refractivity contribution is -0.118. The number of carbonyl (C=O) groups excluding carboxylic acids is 2. The fourth-order valence-corrected chi connectivity index (χ4v) is 2.51. The number of amides is 2. The number of nitrogens with one attached hydrogen (secondary N) is 2. The van der Waals surface area contributed by atoms with E-state index >= 15 is 0 Å². The number of hydrogen-bond acceptors (Lipinski definition) is 3. The van der Waals surface area contributed by atoms with Crippen molar-refractivity contribution in [2.24, 2.45) is 0 Å². The smallest absolute Gasteiger partial charge is 0.262 e. The molecule has 0 aliphatic carbocycles. The van der Waals surface area contributed by atoms with Crippen molar-refractivity contribution in [3.05, 3.63) is 90.0 Å². The summed E-state index contributed by atoms with van der Waals surface area (Å²) in [6.45, 7) is 1.85. The Morgan fingerprint density at radius 3 is 2.33 bits per heavy atom. The summed E-state index contributed by atoms with van der Waals surface area (Å²) in [5, 5.41) is 5.56. The molecule has 3 aromatic rings. The summed E-state index contributed by atoms with van der Waals surface area (Å²) in [6, 6.07) is 23.5. The van der Waals surface area contributed by atoms with Crippen LogP contribution in [0.2, 0.25) is 0 Å². The quantitative estimate of drug-likeness (QED) is 0.690. The van der Waals surface area contributed by atoms with Crippen molar-refractivity contribution in [2.75, 3.05) is 17.2 Å². The summed E-state index contributed by atoms with van der Waals surface area (Å²) in [6.07, 6.45) is 0. The first-order chi connectivity index (χ1) is 13.1. The summed E-state index contributed by atoms with van der Waals surface area (Å²) in [4.78, 5) is 24.5. The van der Waals surface area contributed by atoms with Gasteiger partial charge in [-0.3, -0.25) is 9.59 Å². The van der Waals surface area contributed by atoms with E-state index in [1.165, 1.54) is 0 Å². The normalized spacial score (nSPS) is 10.1. The van der Waals surface area contributed by atoms with Gasteiger partial charge in [-0.25, -0.2) is 0 Å². The lowest BCUT2D eigenvalue weighted by Gasteiger charge is -2.10. The van der Waals surface area contributed by atoms with Gasteiger partial charge in [-0.2, -0.15) is 0 Å². The third-order valence-corrected chi connectivity index (χ3v) is 3.80. The maximum atomic E-state index is 12.3. The SMILES string of the molecule is Cc1cccc(OCC(=O)Nc2cccc(C(=O)Nc3ccccc3)c2)c1. The van der Waals surface area contributed by atoms with E-state index in [1.54, 1.807) is 30.3 Å². The summed E-state index contributed by atoms with van der Waals surface area (Å²) < 4.78 is 5.49. The maximum absolute atomic E-state index is 12.3. The van der Waals surface area contributed by atoms with Crippen molar-refractivity contribution in [1.82, 2.24) is 0 Å². The minimum absolute atomic E-state index is 0.107. The van der Waals surface area contributed by atoms with Crippen molar-refractivity contribution in [2.45, 2.75) is 6.92 Å². The van der Waals surface area contributed by atoms with Gasteiger partial charge in [0.05, 0.1) is 0 Å². The molecule has 0 bridgehead atoms. The van der Waals surface area contributed by atoms with Crippen LogP contribution in [-0.2, 0) is 4.79 Å². The Morgan fingerprint density at radius 2 is 1.56 bits per heavy atom. The van der Waals surface area contributed by atoms with E-state index < -0.39 is 0 Å². The summed E-state index contributed by atoms with van der Waals surface area (Å²) in [7, 11) is 0. The molecule has 0 heterocycles. The molecule has 0 saturated carbocycles. The lowest BCUT2D eigenvalue weighted by Crippen LogP contribution is -2.20. The number of ether oxygens (including phenoxy) is 1. The van der Waals surface area contributed by atoms with Crippen LogP contribution in [0.1, 0.15) is 15.9 Å². The van der Waals surface area contributed by atoms with E-state index in [0.717, 1.165) is 5.56 Å². The molecule has 2 N–H and O–H groups in total. The van der Waals surface area contributed by atoms with Crippen LogP contribution in [0.15, 0.2) is 78.9 Å². The van der Waals surface area contributed by atoms with Crippen molar-refractivity contribution in [3.8, 4) is 5.75 Å². The summed E-state index contributed by atoms with van der Waals surface area (Å²) in [5.41, 5.74) is 2.76. The van der Waals surface area contributed by atoms with E-state index in [4.69, 9.17) is 4.74 Å². The number of carbonyl (C=O) groups is 2.